The molecule has 1 amide bonds. The van der Waals surface area contributed by atoms with E-state index in [-0.39, 0.29) is 17.1 Å². The van der Waals surface area contributed by atoms with E-state index in [1.54, 1.807) is 6.92 Å². The van der Waals surface area contributed by atoms with Crippen LogP contribution in [0.5, 0.6) is 0 Å². The van der Waals surface area contributed by atoms with Crippen LogP contribution in [0.1, 0.15) is 6.92 Å². The molecule has 0 radical (unpaired) electrons. The zero-order valence-electron chi connectivity index (χ0n) is 3.95. The molecule has 2 N–H and O–H groups in total. The maximum Gasteiger partial charge on any atom is 0.404 e. The van der Waals surface area contributed by atoms with Crippen LogP contribution in [0.15, 0.2) is 0 Å². The summed E-state index contributed by atoms with van der Waals surface area (Å²) in [6, 6.07) is 0. The van der Waals surface area contributed by atoms with Gasteiger partial charge in [0.1, 0.15) is 0 Å². The topological polar surface area (TPSA) is 52.3 Å². The second kappa shape index (κ2) is 5.79. The van der Waals surface area contributed by atoms with Gasteiger partial charge in [-0.3, -0.25) is 0 Å². The molecule has 0 saturated heterocycles. The van der Waals surface area contributed by atoms with E-state index in [1.165, 1.54) is 0 Å². The number of primary amides is 1. The molecule has 0 aliphatic carbocycles. The van der Waals surface area contributed by atoms with Crippen molar-refractivity contribution in [2.24, 2.45) is 5.73 Å². The number of hydrogen-bond donors (Lipinski definition) is 1. The molecule has 0 aliphatic heterocycles. The van der Waals surface area contributed by atoms with Crippen LogP contribution in [0, 0.1) is 0 Å². The zero-order valence-corrected chi connectivity index (χ0v) is 5.06. The molecule has 0 spiro atoms. The minimum atomic E-state index is -0.711. The molecule has 0 bridgehead atoms. The average molecular weight is 145 g/mol. The Morgan fingerprint density at radius 1 is 1.86 bits per heavy atom. The first-order chi connectivity index (χ1) is 2.77. The number of carbonyl (C=O) groups excluding carboxylic acids is 1. The van der Waals surface area contributed by atoms with Gasteiger partial charge in [0.2, 0.25) is 0 Å². The van der Waals surface area contributed by atoms with Crippen molar-refractivity contribution in [1.82, 2.24) is 0 Å². The number of amides is 1. The quantitative estimate of drug-likeness (QED) is 0.532. The van der Waals surface area contributed by atoms with Crippen LogP contribution in [0.3, 0.4) is 0 Å². The van der Waals surface area contributed by atoms with E-state index in [0.29, 0.717) is 6.61 Å². The van der Waals surface area contributed by atoms with Gasteiger partial charge in [-0.2, -0.15) is 0 Å². The van der Waals surface area contributed by atoms with Crippen molar-refractivity contribution in [3.8, 4) is 0 Å². The van der Waals surface area contributed by atoms with Crippen LogP contribution in [0.4, 0.5) is 4.79 Å². The van der Waals surface area contributed by atoms with Gasteiger partial charge in [0.15, 0.2) is 0 Å². The first-order valence-corrected chi connectivity index (χ1v) is 1.69. The zero-order chi connectivity index (χ0) is 4.99. The van der Waals surface area contributed by atoms with Crippen molar-refractivity contribution in [3.05, 3.63) is 0 Å². The van der Waals surface area contributed by atoms with Crippen molar-refractivity contribution in [2.45, 2.75) is 6.92 Å². The smallest absolute Gasteiger partial charge is 0.404 e. The third-order valence-electron chi connectivity index (χ3n) is 0.287. The molecule has 0 unspecified atom stereocenters. The van der Waals surface area contributed by atoms with Gasteiger partial charge in [0.25, 0.3) is 0 Å². The third-order valence-corrected chi connectivity index (χ3v) is 0.287. The van der Waals surface area contributed by atoms with Crippen LogP contribution in [-0.4, -0.2) is 12.7 Å². The molecule has 0 aromatic carbocycles. The maximum absolute atomic E-state index is 9.60. The summed E-state index contributed by atoms with van der Waals surface area (Å²) in [5.41, 5.74) is 4.54. The normalized spacial score (nSPS) is 6.43. The molecular weight excluding hydrogens is 138 g/mol. The second-order valence-electron chi connectivity index (χ2n) is 0.752. The van der Waals surface area contributed by atoms with Gasteiger partial charge in [-0.25, -0.2) is 4.79 Å². The summed E-state index contributed by atoms with van der Waals surface area (Å²) in [6.45, 7) is 2.06. The standard InChI is InChI=1S/C3H7NO2.Fe/c1-2-6-3(4)5;/h2H2,1H3,(H2,4,5);. The molecule has 0 aliphatic rings. The van der Waals surface area contributed by atoms with Crippen LogP contribution < -0.4 is 5.73 Å². The number of nitrogens with two attached hydrogens (primary N) is 1. The summed E-state index contributed by atoms with van der Waals surface area (Å²) < 4.78 is 4.18. The van der Waals surface area contributed by atoms with Crippen molar-refractivity contribution >= 4 is 6.09 Å². The Bertz CT molecular complexity index is 56.9. The van der Waals surface area contributed by atoms with Gasteiger partial charge >= 0.3 is 6.09 Å². The maximum atomic E-state index is 9.60. The molecular formula is C3H7FeNO2. The van der Waals surface area contributed by atoms with Gasteiger partial charge in [0, 0.05) is 17.1 Å². The Labute approximate surface area is 52.7 Å². The monoisotopic (exact) mass is 145 g/mol. The number of carbonyl (C=O) groups is 1. The van der Waals surface area contributed by atoms with E-state index in [1.807, 2.05) is 0 Å². The Morgan fingerprint density at radius 3 is 2.29 bits per heavy atom. The predicted octanol–water partition coefficient (Wildman–Crippen LogP) is 0.0991. The van der Waals surface area contributed by atoms with Crippen LogP contribution in [0.25, 0.3) is 0 Å². The fourth-order valence-corrected chi connectivity index (χ4v) is 0.142. The Hall–Kier alpha value is -0.211. The van der Waals surface area contributed by atoms with E-state index in [4.69, 9.17) is 0 Å². The van der Waals surface area contributed by atoms with Gasteiger partial charge in [-0.05, 0) is 6.92 Å². The molecule has 0 rings (SSSR count). The molecule has 0 atom stereocenters. The van der Waals surface area contributed by atoms with Crippen molar-refractivity contribution in [1.29, 1.82) is 0 Å². The molecule has 0 aromatic rings. The van der Waals surface area contributed by atoms with E-state index in [9.17, 15) is 4.79 Å². The molecule has 3 nitrogen and oxygen atoms in total. The number of hydrogen-bond acceptors (Lipinski definition) is 2. The van der Waals surface area contributed by atoms with Gasteiger partial charge in [-0.1, -0.05) is 0 Å². The first kappa shape index (κ1) is 9.92. The molecule has 44 valence electrons. The SMILES string of the molecule is CCOC(N)=O.[Fe]. The van der Waals surface area contributed by atoms with E-state index >= 15 is 0 Å². The second-order valence-corrected chi connectivity index (χ2v) is 0.752. The Balaban J connectivity index is 0. The van der Waals surface area contributed by atoms with Gasteiger partial charge < -0.3 is 10.5 Å². The van der Waals surface area contributed by atoms with E-state index in [2.05, 4.69) is 10.5 Å². The Kier molecular flexibility index (Phi) is 8.21. The van der Waals surface area contributed by atoms with Gasteiger partial charge in [0.05, 0.1) is 6.61 Å². The number of rotatable bonds is 1. The van der Waals surface area contributed by atoms with E-state index < -0.39 is 6.09 Å². The summed E-state index contributed by atoms with van der Waals surface area (Å²) in [5.74, 6) is 0. The van der Waals surface area contributed by atoms with Crippen LogP contribution in [-0.2, 0) is 21.8 Å². The minimum absolute atomic E-state index is 0. The summed E-state index contributed by atoms with van der Waals surface area (Å²) >= 11 is 0. The summed E-state index contributed by atoms with van der Waals surface area (Å²) in [7, 11) is 0. The largest absolute Gasteiger partial charge is 0.450 e. The van der Waals surface area contributed by atoms with Crippen molar-refractivity contribution in [3.63, 3.8) is 0 Å². The first-order valence-electron chi connectivity index (χ1n) is 1.69. The molecule has 0 saturated carbocycles. The average Bonchev–Trinajstić information content (AvgIpc) is 1.35. The Morgan fingerprint density at radius 2 is 2.29 bits per heavy atom. The predicted molar refractivity (Wildman–Crippen MR) is 21.2 cm³/mol. The summed E-state index contributed by atoms with van der Waals surface area (Å²) in [4.78, 5) is 9.60. The molecule has 7 heavy (non-hydrogen) atoms. The number of ether oxygens (including phenoxy) is 1. The van der Waals surface area contributed by atoms with Crippen LogP contribution >= 0.6 is 0 Å². The fourth-order valence-electron chi connectivity index (χ4n) is 0.142. The molecule has 0 heterocycles. The van der Waals surface area contributed by atoms with Crippen molar-refractivity contribution in [2.75, 3.05) is 6.61 Å². The van der Waals surface area contributed by atoms with Gasteiger partial charge in [-0.15, -0.1) is 0 Å². The third kappa shape index (κ3) is 10.7. The minimum Gasteiger partial charge on any atom is -0.450 e. The molecule has 0 aromatic heterocycles. The molecule has 0 fully saturated rings. The van der Waals surface area contributed by atoms with Crippen molar-refractivity contribution < 1.29 is 26.6 Å². The fraction of sp³-hybridized carbons (Fsp3) is 0.667. The summed E-state index contributed by atoms with van der Waals surface area (Å²) in [6.07, 6.45) is -0.711. The van der Waals surface area contributed by atoms with Crippen LogP contribution in [0.2, 0.25) is 0 Å². The summed E-state index contributed by atoms with van der Waals surface area (Å²) in [5, 5.41) is 0. The van der Waals surface area contributed by atoms with E-state index in [0.717, 1.165) is 0 Å². The molecule has 4 heteroatoms.